The van der Waals surface area contributed by atoms with Crippen LogP contribution >= 0.6 is 0 Å². The summed E-state index contributed by atoms with van der Waals surface area (Å²) in [7, 11) is 0. The number of aromatic nitrogens is 1. The second kappa shape index (κ2) is 6.23. The van der Waals surface area contributed by atoms with Gasteiger partial charge in [0, 0.05) is 12.2 Å². The summed E-state index contributed by atoms with van der Waals surface area (Å²) in [6.45, 7) is 8.18. The SMILES string of the molecule is CCCNC(=O)c1[nH]c(C)c(C(=O)OCC)c1C. The molecule has 100 valence electrons. The van der Waals surface area contributed by atoms with Crippen LogP contribution in [0.2, 0.25) is 0 Å². The van der Waals surface area contributed by atoms with E-state index in [1.807, 2.05) is 6.92 Å². The quantitative estimate of drug-likeness (QED) is 0.787. The fourth-order valence-corrected chi connectivity index (χ4v) is 1.81. The normalized spacial score (nSPS) is 10.2. The van der Waals surface area contributed by atoms with Crippen molar-refractivity contribution >= 4 is 11.9 Å². The Bertz CT molecular complexity index is 449. The number of aryl methyl sites for hydroxylation is 1. The molecule has 0 saturated carbocycles. The monoisotopic (exact) mass is 252 g/mol. The average Bonchev–Trinajstić information content (AvgIpc) is 2.62. The van der Waals surface area contributed by atoms with E-state index in [1.54, 1.807) is 20.8 Å². The highest BCUT2D eigenvalue weighted by atomic mass is 16.5. The molecule has 0 aromatic carbocycles. The predicted molar refractivity (Wildman–Crippen MR) is 68.8 cm³/mol. The molecule has 1 heterocycles. The van der Waals surface area contributed by atoms with Crippen molar-refractivity contribution in [2.24, 2.45) is 0 Å². The zero-order valence-corrected chi connectivity index (χ0v) is 11.3. The van der Waals surface area contributed by atoms with E-state index in [1.165, 1.54) is 0 Å². The van der Waals surface area contributed by atoms with Crippen molar-refractivity contribution in [3.63, 3.8) is 0 Å². The van der Waals surface area contributed by atoms with Crippen molar-refractivity contribution in [1.29, 1.82) is 0 Å². The van der Waals surface area contributed by atoms with E-state index in [0.717, 1.165) is 6.42 Å². The summed E-state index contributed by atoms with van der Waals surface area (Å²) in [6, 6.07) is 0. The van der Waals surface area contributed by atoms with Crippen LogP contribution in [0.4, 0.5) is 0 Å². The van der Waals surface area contributed by atoms with Crippen LogP contribution in [0.15, 0.2) is 0 Å². The Hall–Kier alpha value is -1.78. The summed E-state index contributed by atoms with van der Waals surface area (Å²) in [6.07, 6.45) is 0.870. The number of amides is 1. The molecule has 2 N–H and O–H groups in total. The van der Waals surface area contributed by atoms with Gasteiger partial charge in [0.25, 0.3) is 5.91 Å². The van der Waals surface area contributed by atoms with E-state index in [4.69, 9.17) is 4.74 Å². The molecule has 0 aliphatic carbocycles. The second-order valence-electron chi connectivity index (χ2n) is 4.10. The van der Waals surface area contributed by atoms with Gasteiger partial charge < -0.3 is 15.0 Å². The predicted octanol–water partition coefficient (Wildman–Crippen LogP) is 1.95. The van der Waals surface area contributed by atoms with Crippen molar-refractivity contribution < 1.29 is 14.3 Å². The van der Waals surface area contributed by atoms with Gasteiger partial charge in [-0.2, -0.15) is 0 Å². The van der Waals surface area contributed by atoms with Crippen LogP contribution in [-0.2, 0) is 4.74 Å². The molecular weight excluding hydrogens is 232 g/mol. The number of hydrogen-bond donors (Lipinski definition) is 2. The fourth-order valence-electron chi connectivity index (χ4n) is 1.81. The molecule has 0 radical (unpaired) electrons. The van der Waals surface area contributed by atoms with Crippen LogP contribution in [-0.4, -0.2) is 30.0 Å². The van der Waals surface area contributed by atoms with Gasteiger partial charge in [-0.05, 0) is 32.8 Å². The third-order valence-electron chi connectivity index (χ3n) is 2.68. The molecule has 5 heteroatoms. The molecule has 1 amide bonds. The number of nitrogens with one attached hydrogen (secondary N) is 2. The summed E-state index contributed by atoms with van der Waals surface area (Å²) in [5, 5.41) is 2.78. The first kappa shape index (κ1) is 14.3. The first-order valence-electron chi connectivity index (χ1n) is 6.17. The van der Waals surface area contributed by atoms with E-state index in [9.17, 15) is 9.59 Å². The molecule has 0 saturated heterocycles. The minimum absolute atomic E-state index is 0.187. The molecule has 0 aliphatic rings. The number of esters is 1. The summed E-state index contributed by atoms with van der Waals surface area (Å²) in [5.74, 6) is -0.578. The lowest BCUT2D eigenvalue weighted by atomic mass is 10.1. The molecular formula is C13H20N2O3. The van der Waals surface area contributed by atoms with Gasteiger partial charge in [-0.15, -0.1) is 0 Å². The van der Waals surface area contributed by atoms with E-state index in [2.05, 4.69) is 10.3 Å². The number of H-pyrrole nitrogens is 1. The number of carbonyl (C=O) groups is 2. The highest BCUT2D eigenvalue weighted by Crippen LogP contribution is 2.18. The average molecular weight is 252 g/mol. The topological polar surface area (TPSA) is 71.2 Å². The minimum Gasteiger partial charge on any atom is -0.462 e. The highest BCUT2D eigenvalue weighted by molar-refractivity contribution is 6.00. The van der Waals surface area contributed by atoms with E-state index < -0.39 is 5.97 Å². The Labute approximate surface area is 107 Å². The van der Waals surface area contributed by atoms with Gasteiger partial charge in [0.2, 0.25) is 0 Å². The number of aromatic amines is 1. The molecule has 5 nitrogen and oxygen atoms in total. The van der Waals surface area contributed by atoms with E-state index in [-0.39, 0.29) is 5.91 Å². The summed E-state index contributed by atoms with van der Waals surface area (Å²) < 4.78 is 4.97. The van der Waals surface area contributed by atoms with Crippen LogP contribution in [0.3, 0.4) is 0 Å². The maximum absolute atomic E-state index is 11.9. The Morgan fingerprint density at radius 1 is 1.28 bits per heavy atom. The van der Waals surface area contributed by atoms with Crippen molar-refractivity contribution in [2.45, 2.75) is 34.1 Å². The molecule has 0 aliphatic heterocycles. The lowest BCUT2D eigenvalue weighted by Crippen LogP contribution is -2.25. The summed E-state index contributed by atoms with van der Waals surface area (Å²) in [4.78, 5) is 26.6. The molecule has 0 unspecified atom stereocenters. The molecule has 0 atom stereocenters. The number of rotatable bonds is 5. The van der Waals surface area contributed by atoms with Gasteiger partial charge in [0.1, 0.15) is 5.69 Å². The number of hydrogen-bond acceptors (Lipinski definition) is 3. The Morgan fingerprint density at radius 3 is 2.50 bits per heavy atom. The molecule has 1 aromatic heterocycles. The molecule has 1 rings (SSSR count). The van der Waals surface area contributed by atoms with Gasteiger partial charge >= 0.3 is 5.97 Å². The first-order chi connectivity index (χ1) is 8.52. The molecule has 0 fully saturated rings. The third-order valence-corrected chi connectivity index (χ3v) is 2.68. The Kier molecular flexibility index (Phi) is 4.95. The van der Waals surface area contributed by atoms with Gasteiger partial charge in [-0.25, -0.2) is 4.79 Å². The van der Waals surface area contributed by atoms with Gasteiger partial charge in [-0.1, -0.05) is 6.92 Å². The van der Waals surface area contributed by atoms with Crippen LogP contribution in [0, 0.1) is 13.8 Å². The van der Waals surface area contributed by atoms with E-state index >= 15 is 0 Å². The lowest BCUT2D eigenvalue weighted by Gasteiger charge is -2.03. The molecule has 1 aromatic rings. The van der Waals surface area contributed by atoms with E-state index in [0.29, 0.717) is 35.7 Å². The number of ether oxygens (including phenoxy) is 1. The fraction of sp³-hybridized carbons (Fsp3) is 0.538. The van der Waals surface area contributed by atoms with Gasteiger partial charge in [0.05, 0.1) is 12.2 Å². The van der Waals surface area contributed by atoms with Gasteiger partial charge in [-0.3, -0.25) is 4.79 Å². The molecule has 0 bridgehead atoms. The molecule has 0 spiro atoms. The highest BCUT2D eigenvalue weighted by Gasteiger charge is 2.22. The zero-order valence-electron chi connectivity index (χ0n) is 11.3. The number of carbonyl (C=O) groups excluding carboxylic acids is 2. The smallest absolute Gasteiger partial charge is 0.340 e. The van der Waals surface area contributed by atoms with Crippen molar-refractivity contribution in [1.82, 2.24) is 10.3 Å². The summed E-state index contributed by atoms with van der Waals surface area (Å²) >= 11 is 0. The van der Waals surface area contributed by atoms with Crippen molar-refractivity contribution in [3.8, 4) is 0 Å². The lowest BCUT2D eigenvalue weighted by molar-refractivity contribution is 0.0525. The molecule has 18 heavy (non-hydrogen) atoms. The Morgan fingerprint density at radius 2 is 1.94 bits per heavy atom. The minimum atomic E-state index is -0.390. The summed E-state index contributed by atoms with van der Waals surface area (Å²) in [5.41, 5.74) is 2.19. The Balaban J connectivity index is 3.00. The third kappa shape index (κ3) is 2.91. The van der Waals surface area contributed by atoms with Crippen molar-refractivity contribution in [3.05, 3.63) is 22.5 Å². The maximum atomic E-state index is 11.9. The maximum Gasteiger partial charge on any atom is 0.340 e. The van der Waals surface area contributed by atoms with Crippen LogP contribution in [0.1, 0.15) is 52.4 Å². The van der Waals surface area contributed by atoms with Crippen LogP contribution in [0.5, 0.6) is 0 Å². The van der Waals surface area contributed by atoms with Crippen LogP contribution < -0.4 is 5.32 Å². The first-order valence-corrected chi connectivity index (χ1v) is 6.17. The second-order valence-corrected chi connectivity index (χ2v) is 4.10. The van der Waals surface area contributed by atoms with Gasteiger partial charge in [0.15, 0.2) is 0 Å². The van der Waals surface area contributed by atoms with Crippen molar-refractivity contribution in [2.75, 3.05) is 13.2 Å². The van der Waals surface area contributed by atoms with Crippen LogP contribution in [0.25, 0.3) is 0 Å². The largest absolute Gasteiger partial charge is 0.462 e. The standard InChI is InChI=1S/C13H20N2O3/c1-5-7-14-12(16)11-8(3)10(9(4)15-11)13(17)18-6-2/h15H,5-7H2,1-4H3,(H,14,16). The zero-order chi connectivity index (χ0) is 13.7.